The molecule has 0 fully saturated rings. The number of aromatic nitrogens is 2. The van der Waals surface area contributed by atoms with Crippen molar-refractivity contribution in [1.82, 2.24) is 9.97 Å². The zero-order valence-corrected chi connectivity index (χ0v) is 35.4. The molecule has 0 aliphatic heterocycles. The summed E-state index contributed by atoms with van der Waals surface area (Å²) in [5.74, 6) is 0.723. The first-order valence-electron chi connectivity index (χ1n) is 21.2. The molecule has 8 aromatic carbocycles. The Balaban J connectivity index is 0.941. The molecule has 2 aromatic heterocycles. The van der Waals surface area contributed by atoms with Gasteiger partial charge in [-0.1, -0.05) is 173 Å². The van der Waals surface area contributed by atoms with E-state index in [1.54, 1.807) is 0 Å². The number of benzene rings is 8. The van der Waals surface area contributed by atoms with Crippen LogP contribution in [0.4, 0.5) is 0 Å². The van der Waals surface area contributed by atoms with Crippen LogP contribution in [0.1, 0.15) is 49.9 Å². The molecular formula is C58H42N2S. The lowest BCUT2D eigenvalue weighted by Crippen LogP contribution is -2.17. The third-order valence-corrected chi connectivity index (χ3v) is 14.7. The number of rotatable bonds is 5. The maximum absolute atomic E-state index is 5.25. The fraction of sp³-hybridized carbons (Fsp3) is 0.103. The van der Waals surface area contributed by atoms with Crippen LogP contribution in [0.25, 0.3) is 98.6 Å². The molecule has 0 atom stereocenters. The molecule has 0 radical (unpaired) electrons. The molecule has 0 bridgehead atoms. The quantitative estimate of drug-likeness (QED) is 0.173. The monoisotopic (exact) mass is 798 g/mol. The Labute approximate surface area is 360 Å². The van der Waals surface area contributed by atoms with Gasteiger partial charge in [-0.15, -0.1) is 11.3 Å². The molecule has 10 aromatic rings. The van der Waals surface area contributed by atoms with E-state index in [4.69, 9.17) is 9.97 Å². The molecule has 3 heteroatoms. The van der Waals surface area contributed by atoms with E-state index < -0.39 is 0 Å². The average molecular weight is 799 g/mol. The van der Waals surface area contributed by atoms with Crippen LogP contribution < -0.4 is 0 Å². The highest BCUT2D eigenvalue weighted by atomic mass is 32.1. The van der Waals surface area contributed by atoms with Crippen molar-refractivity contribution in [3.8, 4) is 78.4 Å². The van der Waals surface area contributed by atoms with E-state index in [1.807, 2.05) is 17.4 Å². The lowest BCUT2D eigenvalue weighted by Gasteiger charge is -2.24. The molecule has 61 heavy (non-hydrogen) atoms. The highest BCUT2D eigenvalue weighted by Crippen LogP contribution is 2.56. The van der Waals surface area contributed by atoms with Crippen LogP contribution in [0, 0.1) is 0 Å². The minimum absolute atomic E-state index is 0.0264. The summed E-state index contributed by atoms with van der Waals surface area (Å²) in [5, 5.41) is 2.52. The van der Waals surface area contributed by atoms with Crippen LogP contribution in [0.5, 0.6) is 0 Å². The smallest absolute Gasteiger partial charge is 0.160 e. The molecule has 2 aliphatic rings. The minimum Gasteiger partial charge on any atom is -0.228 e. The Hall–Kier alpha value is -6.94. The van der Waals surface area contributed by atoms with Crippen molar-refractivity contribution < 1.29 is 0 Å². The third-order valence-electron chi connectivity index (χ3n) is 13.5. The van der Waals surface area contributed by atoms with Crippen LogP contribution in [-0.2, 0) is 10.8 Å². The summed E-state index contributed by atoms with van der Waals surface area (Å²) in [6, 6.07) is 66.5. The lowest BCUT2D eigenvalue weighted by molar-refractivity contribution is 0.652. The van der Waals surface area contributed by atoms with Gasteiger partial charge < -0.3 is 0 Å². The van der Waals surface area contributed by atoms with E-state index in [9.17, 15) is 0 Å². The molecule has 2 heterocycles. The van der Waals surface area contributed by atoms with E-state index in [1.165, 1.54) is 86.9 Å². The Morgan fingerprint density at radius 2 is 0.885 bits per heavy atom. The highest BCUT2D eigenvalue weighted by molar-refractivity contribution is 7.26. The standard InChI is InChI=1S/C58H42N2S/c1-57(2)48-21-12-11-18-41(48)45-32-51-46(33-50(45)57)42-28-26-40(31-49(42)58(51,3)4)39-27-29-54-47(30-39)43-19-13-20-44(55(43)61-54)53-34-52(59-56(60-53)38-16-9-6-10-17-38)37-24-22-36(23-25-37)35-14-7-5-8-15-35/h5-34H,1-4H3. The molecule has 0 saturated carbocycles. The molecule has 0 unspecified atom stereocenters. The summed E-state index contributed by atoms with van der Waals surface area (Å²) in [7, 11) is 0. The van der Waals surface area contributed by atoms with Crippen LogP contribution in [-0.4, -0.2) is 9.97 Å². The summed E-state index contributed by atoms with van der Waals surface area (Å²) in [6.45, 7) is 9.55. The largest absolute Gasteiger partial charge is 0.228 e. The normalized spacial score (nSPS) is 14.2. The molecule has 2 aliphatic carbocycles. The molecule has 0 N–H and O–H groups in total. The van der Waals surface area contributed by atoms with E-state index in [0.717, 1.165) is 33.9 Å². The Bertz CT molecular complexity index is 3390. The van der Waals surface area contributed by atoms with E-state index >= 15 is 0 Å². The van der Waals surface area contributed by atoms with Crippen molar-refractivity contribution in [2.75, 3.05) is 0 Å². The van der Waals surface area contributed by atoms with Gasteiger partial charge in [-0.3, -0.25) is 0 Å². The summed E-state index contributed by atoms with van der Waals surface area (Å²) in [6.07, 6.45) is 0. The van der Waals surface area contributed by atoms with Gasteiger partial charge in [0.25, 0.3) is 0 Å². The van der Waals surface area contributed by atoms with Gasteiger partial charge >= 0.3 is 0 Å². The van der Waals surface area contributed by atoms with Gasteiger partial charge in [0.05, 0.1) is 11.4 Å². The van der Waals surface area contributed by atoms with Gasteiger partial charge in [0.2, 0.25) is 0 Å². The second-order valence-corrected chi connectivity index (χ2v) is 18.8. The first-order chi connectivity index (χ1) is 29.7. The van der Waals surface area contributed by atoms with Gasteiger partial charge in [0, 0.05) is 47.7 Å². The molecule has 290 valence electrons. The zero-order valence-electron chi connectivity index (χ0n) is 34.6. The van der Waals surface area contributed by atoms with Crippen molar-refractivity contribution in [3.05, 3.63) is 204 Å². The first kappa shape index (κ1) is 36.0. The predicted octanol–water partition coefficient (Wildman–Crippen LogP) is 15.8. The molecular weight excluding hydrogens is 757 g/mol. The van der Waals surface area contributed by atoms with Crippen molar-refractivity contribution in [1.29, 1.82) is 0 Å². The van der Waals surface area contributed by atoms with Gasteiger partial charge in [0.15, 0.2) is 5.82 Å². The van der Waals surface area contributed by atoms with Gasteiger partial charge in [-0.05, 0) is 103 Å². The molecule has 0 saturated heterocycles. The lowest BCUT2D eigenvalue weighted by atomic mass is 9.79. The molecule has 12 rings (SSSR count). The fourth-order valence-corrected chi connectivity index (χ4v) is 11.4. The van der Waals surface area contributed by atoms with Crippen molar-refractivity contribution >= 4 is 31.5 Å². The SMILES string of the molecule is CC1(C)c2ccccc2-c2cc3c(cc21)-c1ccc(-c2ccc4sc5c(-c6cc(-c7ccc(-c8ccccc8)cc7)nc(-c7ccccc7)n6)cccc5c4c2)cc1C3(C)C. The highest BCUT2D eigenvalue weighted by Gasteiger charge is 2.41. The van der Waals surface area contributed by atoms with Gasteiger partial charge in [0.1, 0.15) is 0 Å². The van der Waals surface area contributed by atoms with Gasteiger partial charge in [-0.25, -0.2) is 9.97 Å². The zero-order chi connectivity index (χ0) is 41.0. The minimum atomic E-state index is -0.121. The van der Waals surface area contributed by atoms with Crippen LogP contribution >= 0.6 is 11.3 Å². The van der Waals surface area contributed by atoms with Crippen LogP contribution in [0.15, 0.2) is 182 Å². The molecule has 2 nitrogen and oxygen atoms in total. The number of fused-ring (bicyclic) bond motifs is 9. The first-order valence-corrected chi connectivity index (χ1v) is 22.0. The van der Waals surface area contributed by atoms with E-state index in [2.05, 4.69) is 204 Å². The maximum atomic E-state index is 5.25. The number of thiophene rings is 1. The predicted molar refractivity (Wildman–Crippen MR) is 257 cm³/mol. The summed E-state index contributed by atoms with van der Waals surface area (Å²) in [4.78, 5) is 10.4. The summed E-state index contributed by atoms with van der Waals surface area (Å²) < 4.78 is 2.51. The topological polar surface area (TPSA) is 25.8 Å². The van der Waals surface area contributed by atoms with Crippen molar-refractivity contribution in [2.45, 2.75) is 38.5 Å². The fourth-order valence-electron chi connectivity index (χ4n) is 10.2. The van der Waals surface area contributed by atoms with Gasteiger partial charge in [-0.2, -0.15) is 0 Å². The van der Waals surface area contributed by atoms with Crippen LogP contribution in [0.3, 0.4) is 0 Å². The Morgan fingerprint density at radius 3 is 1.64 bits per heavy atom. The molecule has 0 spiro atoms. The molecule has 0 amide bonds. The van der Waals surface area contributed by atoms with E-state index in [-0.39, 0.29) is 10.8 Å². The second-order valence-electron chi connectivity index (χ2n) is 17.8. The third kappa shape index (κ3) is 5.54. The Morgan fingerprint density at radius 1 is 0.344 bits per heavy atom. The van der Waals surface area contributed by atoms with Crippen molar-refractivity contribution in [2.24, 2.45) is 0 Å². The number of hydrogen-bond acceptors (Lipinski definition) is 3. The number of nitrogens with zero attached hydrogens (tertiary/aromatic N) is 2. The Kier molecular flexibility index (Phi) is 7.83. The summed E-state index contributed by atoms with van der Waals surface area (Å²) in [5.41, 5.74) is 20.9. The van der Waals surface area contributed by atoms with Crippen molar-refractivity contribution in [3.63, 3.8) is 0 Å². The van der Waals surface area contributed by atoms with E-state index in [0.29, 0.717) is 0 Å². The average Bonchev–Trinajstić information content (AvgIpc) is 3.87. The summed E-state index contributed by atoms with van der Waals surface area (Å²) >= 11 is 1.85. The second kappa shape index (κ2) is 13.3. The number of hydrogen-bond donors (Lipinski definition) is 0. The van der Waals surface area contributed by atoms with Crippen LogP contribution in [0.2, 0.25) is 0 Å². The maximum Gasteiger partial charge on any atom is 0.160 e.